The van der Waals surface area contributed by atoms with Gasteiger partial charge in [-0.15, -0.1) is 0 Å². The molecule has 138 valence electrons. The summed E-state index contributed by atoms with van der Waals surface area (Å²) < 4.78 is 16.5. The van der Waals surface area contributed by atoms with Crippen LogP contribution in [0.25, 0.3) is 0 Å². The minimum Gasteiger partial charge on any atom is -0.492 e. The van der Waals surface area contributed by atoms with Crippen molar-refractivity contribution in [1.82, 2.24) is 20.4 Å². The molecule has 0 radical (unpaired) electrons. The number of hydrogen-bond donors (Lipinski definition) is 1. The highest BCUT2D eigenvalue weighted by Gasteiger charge is 2.24. The molecule has 0 bridgehead atoms. The van der Waals surface area contributed by atoms with Crippen molar-refractivity contribution in [2.75, 3.05) is 26.3 Å². The monoisotopic (exact) mass is 358 g/mol. The fraction of sp³-hybridized carbons (Fsp3) is 0.500. The number of para-hydroxylation sites is 1. The molecule has 2 aliphatic heterocycles. The second kappa shape index (κ2) is 7.84. The van der Waals surface area contributed by atoms with Crippen LogP contribution >= 0.6 is 0 Å². The maximum Gasteiger partial charge on any atom is 0.255 e. The van der Waals surface area contributed by atoms with Crippen LogP contribution in [0, 0.1) is 0 Å². The third kappa shape index (κ3) is 4.03. The lowest BCUT2D eigenvalue weighted by Gasteiger charge is -2.18. The van der Waals surface area contributed by atoms with Gasteiger partial charge in [-0.2, -0.15) is 4.98 Å². The van der Waals surface area contributed by atoms with E-state index >= 15 is 0 Å². The van der Waals surface area contributed by atoms with Crippen molar-refractivity contribution in [1.29, 1.82) is 0 Å². The van der Waals surface area contributed by atoms with Crippen molar-refractivity contribution in [2.24, 2.45) is 0 Å². The summed E-state index contributed by atoms with van der Waals surface area (Å²) in [5.74, 6) is 1.78. The number of amides is 1. The summed E-state index contributed by atoms with van der Waals surface area (Å²) in [7, 11) is 0. The van der Waals surface area contributed by atoms with Gasteiger partial charge >= 0.3 is 0 Å². The van der Waals surface area contributed by atoms with Gasteiger partial charge in [-0.25, -0.2) is 0 Å². The fourth-order valence-electron chi connectivity index (χ4n) is 3.19. The lowest BCUT2D eigenvalue weighted by Crippen LogP contribution is -2.37. The molecule has 8 heteroatoms. The van der Waals surface area contributed by atoms with E-state index in [1.807, 2.05) is 24.3 Å². The van der Waals surface area contributed by atoms with E-state index in [0.29, 0.717) is 38.0 Å². The van der Waals surface area contributed by atoms with Crippen LogP contribution in [0.15, 0.2) is 28.8 Å². The highest BCUT2D eigenvalue weighted by Crippen LogP contribution is 2.26. The minimum absolute atomic E-state index is 0.0761. The molecular formula is C18H22N4O4. The van der Waals surface area contributed by atoms with Crippen LogP contribution in [0.1, 0.15) is 36.2 Å². The molecule has 3 heterocycles. The first-order valence-corrected chi connectivity index (χ1v) is 8.92. The lowest BCUT2D eigenvalue weighted by atomic mass is 10.2. The molecule has 1 aromatic heterocycles. The Kier molecular flexibility index (Phi) is 5.12. The van der Waals surface area contributed by atoms with E-state index in [4.69, 9.17) is 14.0 Å². The Morgan fingerprint density at radius 2 is 2.23 bits per heavy atom. The zero-order valence-electron chi connectivity index (χ0n) is 14.5. The molecule has 1 saturated heterocycles. The number of nitrogens with one attached hydrogen (secondary N) is 1. The van der Waals surface area contributed by atoms with Gasteiger partial charge in [-0.1, -0.05) is 23.4 Å². The summed E-state index contributed by atoms with van der Waals surface area (Å²) in [4.78, 5) is 18.6. The Labute approximate surface area is 151 Å². The smallest absolute Gasteiger partial charge is 0.255 e. The van der Waals surface area contributed by atoms with E-state index in [0.717, 1.165) is 30.8 Å². The average molecular weight is 358 g/mol. The molecule has 0 spiro atoms. The number of aromatic nitrogens is 2. The van der Waals surface area contributed by atoms with E-state index < -0.39 is 0 Å². The molecule has 1 atom stereocenters. The second-order valence-electron chi connectivity index (χ2n) is 6.49. The van der Waals surface area contributed by atoms with Gasteiger partial charge in [0.05, 0.1) is 13.1 Å². The first kappa shape index (κ1) is 17.0. The largest absolute Gasteiger partial charge is 0.492 e. The number of nitrogens with zero attached hydrogens (tertiary/aromatic N) is 3. The maximum atomic E-state index is 12.3. The Morgan fingerprint density at radius 3 is 3.12 bits per heavy atom. The van der Waals surface area contributed by atoms with Crippen molar-refractivity contribution < 1.29 is 18.8 Å². The van der Waals surface area contributed by atoms with Crippen LogP contribution in [0.4, 0.5) is 0 Å². The van der Waals surface area contributed by atoms with E-state index in [9.17, 15) is 4.79 Å². The first-order valence-electron chi connectivity index (χ1n) is 8.92. The average Bonchev–Trinajstić information content (AvgIpc) is 3.29. The maximum absolute atomic E-state index is 12.3. The molecule has 0 saturated carbocycles. The molecule has 1 N–H and O–H groups in total. The SMILES string of the molecule is O=C(CN1CCOc2ccccc2C1)NCc1noc([C@H]2CCCO2)n1. The molecule has 4 rings (SSSR count). The Hall–Kier alpha value is -2.45. The van der Waals surface area contributed by atoms with E-state index in [2.05, 4.69) is 20.4 Å². The Balaban J connectivity index is 1.27. The minimum atomic E-state index is -0.107. The van der Waals surface area contributed by atoms with Crippen LogP contribution in [-0.2, 0) is 22.6 Å². The Bertz CT molecular complexity index is 757. The topological polar surface area (TPSA) is 89.7 Å². The van der Waals surface area contributed by atoms with Gasteiger partial charge in [0.1, 0.15) is 18.5 Å². The predicted octanol–water partition coefficient (Wildman–Crippen LogP) is 1.43. The second-order valence-corrected chi connectivity index (χ2v) is 6.49. The van der Waals surface area contributed by atoms with Crippen LogP contribution < -0.4 is 10.1 Å². The van der Waals surface area contributed by atoms with Gasteiger partial charge < -0.3 is 19.3 Å². The van der Waals surface area contributed by atoms with Crippen LogP contribution in [0.3, 0.4) is 0 Å². The number of benzene rings is 1. The standard InChI is InChI=1S/C18H22N4O4/c23-17(12-22-7-9-25-14-5-2-1-4-13(14)11-22)19-10-16-20-18(26-21-16)15-6-3-8-24-15/h1-2,4-5,15H,3,6-12H2,(H,19,23)/t15-/m1/s1. The molecule has 1 amide bonds. The number of carbonyl (C=O) groups excluding carboxylic acids is 1. The van der Waals surface area contributed by atoms with E-state index in [1.165, 1.54) is 0 Å². The van der Waals surface area contributed by atoms with Crippen molar-refractivity contribution in [3.8, 4) is 5.75 Å². The molecular weight excluding hydrogens is 336 g/mol. The van der Waals surface area contributed by atoms with Gasteiger partial charge in [-0.3, -0.25) is 9.69 Å². The molecule has 8 nitrogen and oxygen atoms in total. The summed E-state index contributed by atoms with van der Waals surface area (Å²) in [5.41, 5.74) is 1.09. The van der Waals surface area contributed by atoms with Crippen molar-refractivity contribution >= 4 is 5.91 Å². The summed E-state index contributed by atoms with van der Waals surface area (Å²) in [6, 6.07) is 7.92. The first-order chi connectivity index (χ1) is 12.8. The van der Waals surface area contributed by atoms with E-state index in [1.54, 1.807) is 0 Å². The molecule has 2 aliphatic rings. The zero-order valence-corrected chi connectivity index (χ0v) is 14.5. The number of rotatable bonds is 5. The van der Waals surface area contributed by atoms with Crippen molar-refractivity contribution in [3.05, 3.63) is 41.5 Å². The highest BCUT2D eigenvalue weighted by atomic mass is 16.5. The molecule has 0 aliphatic carbocycles. The number of carbonyl (C=O) groups is 1. The summed E-state index contributed by atoms with van der Waals surface area (Å²) in [6.07, 6.45) is 1.79. The third-order valence-corrected chi connectivity index (χ3v) is 4.53. The number of hydrogen-bond acceptors (Lipinski definition) is 7. The molecule has 26 heavy (non-hydrogen) atoms. The predicted molar refractivity (Wildman–Crippen MR) is 91.3 cm³/mol. The fourth-order valence-corrected chi connectivity index (χ4v) is 3.19. The van der Waals surface area contributed by atoms with Crippen molar-refractivity contribution in [3.63, 3.8) is 0 Å². The number of ether oxygens (including phenoxy) is 2. The lowest BCUT2D eigenvalue weighted by molar-refractivity contribution is -0.122. The quantitative estimate of drug-likeness (QED) is 0.865. The zero-order chi connectivity index (χ0) is 17.8. The normalized spacial score (nSPS) is 20.2. The molecule has 0 unspecified atom stereocenters. The van der Waals surface area contributed by atoms with Gasteiger partial charge in [0, 0.05) is 25.3 Å². The van der Waals surface area contributed by atoms with Gasteiger partial charge in [0.25, 0.3) is 5.89 Å². The molecule has 2 aromatic rings. The number of fused-ring (bicyclic) bond motifs is 1. The van der Waals surface area contributed by atoms with Gasteiger partial charge in [0.2, 0.25) is 5.91 Å². The Morgan fingerprint density at radius 1 is 1.31 bits per heavy atom. The summed E-state index contributed by atoms with van der Waals surface area (Å²) in [6.45, 7) is 3.23. The highest BCUT2D eigenvalue weighted by molar-refractivity contribution is 5.77. The van der Waals surface area contributed by atoms with Crippen LogP contribution in [0.2, 0.25) is 0 Å². The van der Waals surface area contributed by atoms with Gasteiger partial charge in [0.15, 0.2) is 5.82 Å². The van der Waals surface area contributed by atoms with Crippen molar-refractivity contribution in [2.45, 2.75) is 32.0 Å². The third-order valence-electron chi connectivity index (χ3n) is 4.53. The van der Waals surface area contributed by atoms with Crippen LogP contribution in [0.5, 0.6) is 5.75 Å². The summed E-state index contributed by atoms with van der Waals surface area (Å²) >= 11 is 0. The van der Waals surface area contributed by atoms with Gasteiger partial charge in [-0.05, 0) is 18.9 Å². The molecule has 1 aromatic carbocycles. The summed E-state index contributed by atoms with van der Waals surface area (Å²) in [5, 5.41) is 6.76. The van der Waals surface area contributed by atoms with Crippen LogP contribution in [-0.4, -0.2) is 47.3 Å². The molecule has 1 fully saturated rings. The van der Waals surface area contributed by atoms with E-state index in [-0.39, 0.29) is 18.6 Å².